The minimum absolute atomic E-state index is 0.0482. The van der Waals surface area contributed by atoms with Crippen molar-refractivity contribution in [1.29, 1.82) is 0 Å². The molecular formula is C12H17BrN2O4S. The van der Waals surface area contributed by atoms with E-state index in [1.165, 1.54) is 11.1 Å². The first kappa shape index (κ1) is 17.2. The third kappa shape index (κ3) is 3.83. The van der Waals surface area contributed by atoms with E-state index in [1.54, 1.807) is 16.7 Å². The van der Waals surface area contributed by atoms with Crippen LogP contribution in [-0.2, 0) is 14.4 Å². The summed E-state index contributed by atoms with van der Waals surface area (Å²) < 4.78 is 0.555. The Kier molecular flexibility index (Phi) is 6.70. The van der Waals surface area contributed by atoms with Crippen LogP contribution in [0.15, 0.2) is 10.7 Å². The van der Waals surface area contributed by atoms with Crippen LogP contribution < -0.4 is 0 Å². The minimum atomic E-state index is -1.03. The van der Waals surface area contributed by atoms with E-state index in [-0.39, 0.29) is 12.6 Å². The van der Waals surface area contributed by atoms with Gasteiger partial charge in [-0.15, -0.1) is 0 Å². The molecule has 0 aromatic heterocycles. The summed E-state index contributed by atoms with van der Waals surface area (Å²) in [5.74, 6) is -0.300. The number of carboxylic acid groups (broad SMARTS) is 1. The van der Waals surface area contributed by atoms with E-state index in [2.05, 4.69) is 15.9 Å². The monoisotopic (exact) mass is 364 g/mol. The first-order valence-corrected chi connectivity index (χ1v) is 8.16. The van der Waals surface area contributed by atoms with Gasteiger partial charge in [0.25, 0.3) is 0 Å². The lowest BCUT2D eigenvalue weighted by atomic mass is 10.1. The van der Waals surface area contributed by atoms with Gasteiger partial charge >= 0.3 is 5.97 Å². The van der Waals surface area contributed by atoms with Crippen molar-refractivity contribution in [3.8, 4) is 0 Å². The van der Waals surface area contributed by atoms with Crippen LogP contribution in [0.2, 0.25) is 0 Å². The molecule has 1 aliphatic heterocycles. The average molecular weight is 365 g/mol. The fourth-order valence-corrected chi connectivity index (χ4v) is 3.49. The molecule has 3 atom stereocenters. The molecule has 20 heavy (non-hydrogen) atoms. The van der Waals surface area contributed by atoms with Crippen molar-refractivity contribution in [2.75, 3.05) is 18.6 Å². The topological polar surface area (TPSA) is 77.9 Å². The number of halogens is 1. The molecule has 1 N–H and O–H groups in total. The van der Waals surface area contributed by atoms with Gasteiger partial charge < -0.3 is 14.8 Å². The summed E-state index contributed by atoms with van der Waals surface area (Å²) in [5, 5.41) is 8.92. The molecule has 1 heterocycles. The summed E-state index contributed by atoms with van der Waals surface area (Å²) in [6, 6.07) is -0.620. The molecule has 0 radical (unpaired) electrons. The Morgan fingerprint density at radius 2 is 2.20 bits per heavy atom. The zero-order valence-corrected chi connectivity index (χ0v) is 13.6. The maximum Gasteiger partial charge on any atom is 0.323 e. The van der Waals surface area contributed by atoms with E-state index < -0.39 is 18.2 Å². The van der Waals surface area contributed by atoms with Gasteiger partial charge in [0.2, 0.25) is 0 Å². The van der Waals surface area contributed by atoms with Crippen LogP contribution in [0.3, 0.4) is 0 Å². The first-order valence-electron chi connectivity index (χ1n) is 5.98. The largest absolute Gasteiger partial charge is 0.480 e. The molecule has 0 aliphatic carbocycles. The summed E-state index contributed by atoms with van der Waals surface area (Å²) in [4.78, 5) is 36.7. The molecule has 0 amide bonds. The Morgan fingerprint density at radius 3 is 2.65 bits per heavy atom. The second-order valence-corrected chi connectivity index (χ2v) is 6.29. The zero-order valence-electron chi connectivity index (χ0n) is 11.2. The summed E-state index contributed by atoms with van der Waals surface area (Å²) in [6.07, 6.45) is 4.11. The van der Waals surface area contributed by atoms with E-state index in [0.717, 1.165) is 12.0 Å². The third-order valence-corrected chi connectivity index (χ3v) is 4.51. The number of carbonyl (C=O) groups is 3. The number of aldehydes is 2. The maximum absolute atomic E-state index is 11.4. The average Bonchev–Trinajstić information content (AvgIpc) is 2.37. The maximum atomic E-state index is 11.4. The van der Waals surface area contributed by atoms with E-state index in [4.69, 9.17) is 5.11 Å². The number of rotatable bonds is 7. The van der Waals surface area contributed by atoms with E-state index >= 15 is 0 Å². The van der Waals surface area contributed by atoms with Crippen LogP contribution in [0.5, 0.6) is 0 Å². The molecule has 0 spiro atoms. The van der Waals surface area contributed by atoms with Crippen LogP contribution in [0.25, 0.3) is 0 Å². The number of carboxylic acids is 1. The van der Waals surface area contributed by atoms with Gasteiger partial charge in [0.15, 0.2) is 6.29 Å². The van der Waals surface area contributed by atoms with Gasteiger partial charge in [-0.2, -0.15) is 11.8 Å². The highest BCUT2D eigenvalue weighted by Crippen LogP contribution is 2.28. The molecule has 112 valence electrons. The summed E-state index contributed by atoms with van der Waals surface area (Å²) in [6.45, 7) is 1.61. The number of nitrogens with zero attached hydrogens (tertiary/aromatic N) is 2. The fraction of sp³-hybridized carbons (Fsp3) is 0.583. The van der Waals surface area contributed by atoms with Crippen molar-refractivity contribution < 1.29 is 19.5 Å². The molecule has 1 aliphatic rings. The molecule has 0 saturated heterocycles. The van der Waals surface area contributed by atoms with Crippen molar-refractivity contribution in [3.05, 3.63) is 10.7 Å². The molecule has 0 aromatic carbocycles. The molecule has 0 bridgehead atoms. The van der Waals surface area contributed by atoms with E-state index in [1.807, 2.05) is 13.2 Å². The molecule has 0 saturated carbocycles. The fourth-order valence-electron chi connectivity index (χ4n) is 2.23. The molecule has 2 unspecified atom stereocenters. The smallest absolute Gasteiger partial charge is 0.323 e. The van der Waals surface area contributed by atoms with Gasteiger partial charge in [0.1, 0.15) is 25.0 Å². The Labute approximate surface area is 130 Å². The molecule has 0 fully saturated rings. The lowest BCUT2D eigenvalue weighted by Crippen LogP contribution is -2.60. The van der Waals surface area contributed by atoms with Crippen molar-refractivity contribution >= 4 is 46.2 Å². The summed E-state index contributed by atoms with van der Waals surface area (Å²) in [5.41, 5.74) is 0. The van der Waals surface area contributed by atoms with Crippen LogP contribution >= 0.6 is 27.7 Å². The van der Waals surface area contributed by atoms with Crippen molar-refractivity contribution in [2.45, 2.75) is 25.2 Å². The van der Waals surface area contributed by atoms with Crippen molar-refractivity contribution in [2.24, 2.45) is 0 Å². The second-order valence-electron chi connectivity index (χ2n) is 4.46. The third-order valence-electron chi connectivity index (χ3n) is 3.02. The van der Waals surface area contributed by atoms with Crippen LogP contribution in [0, 0.1) is 0 Å². The second kappa shape index (κ2) is 7.80. The molecule has 8 heteroatoms. The number of aliphatic carboxylic acids is 1. The quantitative estimate of drug-likeness (QED) is 0.668. The summed E-state index contributed by atoms with van der Waals surface area (Å²) in [7, 11) is 0. The Morgan fingerprint density at radius 1 is 1.55 bits per heavy atom. The van der Waals surface area contributed by atoms with Gasteiger partial charge in [0.05, 0.1) is 0 Å². The van der Waals surface area contributed by atoms with E-state index in [0.29, 0.717) is 10.8 Å². The van der Waals surface area contributed by atoms with Crippen LogP contribution in [-0.4, -0.2) is 70.3 Å². The predicted octanol–water partition coefficient (Wildman–Crippen LogP) is 0.769. The Hall–Kier alpha value is -0.860. The van der Waals surface area contributed by atoms with Gasteiger partial charge in [-0.3, -0.25) is 14.5 Å². The van der Waals surface area contributed by atoms with Gasteiger partial charge in [-0.25, -0.2) is 0 Å². The molecule has 6 nitrogen and oxygen atoms in total. The highest BCUT2D eigenvalue weighted by atomic mass is 79.9. The van der Waals surface area contributed by atoms with Crippen molar-refractivity contribution in [3.63, 3.8) is 0 Å². The molecular weight excluding hydrogens is 348 g/mol. The van der Waals surface area contributed by atoms with Gasteiger partial charge in [-0.05, 0) is 13.2 Å². The summed E-state index contributed by atoms with van der Waals surface area (Å²) >= 11 is 4.89. The lowest BCUT2D eigenvalue weighted by molar-refractivity contribution is -0.140. The number of carbonyl (C=O) groups excluding carboxylic acids is 2. The molecule has 0 aromatic rings. The normalized spacial score (nSPS) is 24.9. The van der Waals surface area contributed by atoms with Crippen LogP contribution in [0.4, 0.5) is 0 Å². The van der Waals surface area contributed by atoms with Crippen molar-refractivity contribution in [1.82, 2.24) is 9.80 Å². The number of hydrogen-bond acceptors (Lipinski definition) is 6. The first-order chi connectivity index (χ1) is 9.46. The van der Waals surface area contributed by atoms with Gasteiger partial charge in [-0.1, -0.05) is 15.9 Å². The number of hydrogen-bond donors (Lipinski definition) is 1. The lowest BCUT2D eigenvalue weighted by Gasteiger charge is -2.45. The SMILES string of the molecule is CSC[C@H](C)N1C(C=O)C(Br)=CN(CC(=O)O)C1C=O. The highest BCUT2D eigenvalue weighted by Gasteiger charge is 2.38. The Balaban J connectivity index is 3.14. The standard InChI is InChI=1S/C12H17BrN2O4S/c1-8(7-20-2)15-10(5-16)9(13)3-14(4-12(18)19)11(15)6-17/h3,5-6,8,10-11H,4,7H2,1-2H3,(H,18,19)/t8-,10?,11?/m0/s1. The van der Waals surface area contributed by atoms with Crippen LogP contribution in [0.1, 0.15) is 6.92 Å². The molecule has 1 rings (SSSR count). The Bertz CT molecular complexity index is 418. The predicted molar refractivity (Wildman–Crippen MR) is 80.7 cm³/mol. The number of thioether (sulfide) groups is 1. The zero-order chi connectivity index (χ0) is 15.3. The highest BCUT2D eigenvalue weighted by molar-refractivity contribution is 9.11. The minimum Gasteiger partial charge on any atom is -0.480 e. The van der Waals surface area contributed by atoms with E-state index in [9.17, 15) is 14.4 Å². The van der Waals surface area contributed by atoms with Gasteiger partial charge in [0, 0.05) is 22.5 Å².